The molecular weight excluding hydrogens is 194 g/mol. The van der Waals surface area contributed by atoms with Gasteiger partial charge in [-0.25, -0.2) is 0 Å². The van der Waals surface area contributed by atoms with Crippen molar-refractivity contribution in [1.29, 1.82) is 0 Å². The summed E-state index contributed by atoms with van der Waals surface area (Å²) in [5.74, 6) is 0. The maximum atomic E-state index is 5.90. The van der Waals surface area contributed by atoms with E-state index in [1.807, 2.05) is 12.1 Å². The highest BCUT2D eigenvalue weighted by Crippen LogP contribution is 2.19. The smallest absolute Gasteiger partial charge is 0.0346 e. The molecule has 1 heteroatoms. The first kappa shape index (κ1) is 10.7. The summed E-state index contributed by atoms with van der Waals surface area (Å²) in [6.45, 7) is 4.19. The molecule has 0 saturated carbocycles. The van der Waals surface area contributed by atoms with Crippen LogP contribution in [0.4, 0.5) is 5.69 Å². The van der Waals surface area contributed by atoms with E-state index in [1.165, 1.54) is 22.3 Å². The standard InChI is InChI=1S/C15H17N/c1-11-6-8-13(9-7-11)10-14-4-3-5-15(16)12(14)2/h3-9H,10,16H2,1-2H3. The fourth-order valence-corrected chi connectivity index (χ4v) is 1.82. The molecule has 0 unspecified atom stereocenters. The van der Waals surface area contributed by atoms with E-state index in [0.717, 1.165) is 12.1 Å². The molecule has 2 rings (SSSR count). The van der Waals surface area contributed by atoms with Crippen LogP contribution in [0.1, 0.15) is 22.3 Å². The molecule has 0 atom stereocenters. The SMILES string of the molecule is Cc1ccc(Cc2cccc(N)c2C)cc1. The maximum absolute atomic E-state index is 5.90. The van der Waals surface area contributed by atoms with Gasteiger partial charge in [0.05, 0.1) is 0 Å². The molecule has 0 fully saturated rings. The Morgan fingerprint density at radius 1 is 0.938 bits per heavy atom. The highest BCUT2D eigenvalue weighted by Gasteiger charge is 2.02. The van der Waals surface area contributed by atoms with Gasteiger partial charge in [-0.1, -0.05) is 42.0 Å². The van der Waals surface area contributed by atoms with Gasteiger partial charge in [0.2, 0.25) is 0 Å². The molecule has 1 nitrogen and oxygen atoms in total. The number of hydrogen-bond acceptors (Lipinski definition) is 1. The Labute approximate surface area is 96.9 Å². The van der Waals surface area contributed by atoms with E-state index in [9.17, 15) is 0 Å². The minimum absolute atomic E-state index is 0.879. The lowest BCUT2D eigenvalue weighted by Gasteiger charge is -2.08. The van der Waals surface area contributed by atoms with Crippen molar-refractivity contribution in [3.8, 4) is 0 Å². The van der Waals surface area contributed by atoms with E-state index in [2.05, 4.69) is 44.2 Å². The van der Waals surface area contributed by atoms with Gasteiger partial charge in [0.15, 0.2) is 0 Å². The second-order valence-corrected chi connectivity index (χ2v) is 4.29. The largest absolute Gasteiger partial charge is 0.399 e. The van der Waals surface area contributed by atoms with E-state index in [-0.39, 0.29) is 0 Å². The van der Waals surface area contributed by atoms with Gasteiger partial charge in [-0.2, -0.15) is 0 Å². The molecule has 0 heterocycles. The van der Waals surface area contributed by atoms with Crippen LogP contribution in [0, 0.1) is 13.8 Å². The van der Waals surface area contributed by atoms with Crippen LogP contribution >= 0.6 is 0 Å². The van der Waals surface area contributed by atoms with Gasteiger partial charge < -0.3 is 5.73 Å². The first-order chi connectivity index (χ1) is 7.66. The molecule has 0 saturated heterocycles. The molecule has 2 aromatic carbocycles. The van der Waals surface area contributed by atoms with Crippen LogP contribution in [0.3, 0.4) is 0 Å². The van der Waals surface area contributed by atoms with Crippen LogP contribution in [0.2, 0.25) is 0 Å². The number of aryl methyl sites for hydroxylation is 1. The molecule has 0 aliphatic rings. The number of nitrogens with two attached hydrogens (primary N) is 1. The molecule has 0 amide bonds. The summed E-state index contributed by atoms with van der Waals surface area (Å²) in [4.78, 5) is 0. The Hall–Kier alpha value is -1.76. The molecule has 0 radical (unpaired) electrons. The van der Waals surface area contributed by atoms with E-state index in [1.54, 1.807) is 0 Å². The number of benzene rings is 2. The number of anilines is 1. The van der Waals surface area contributed by atoms with Gasteiger partial charge in [0.1, 0.15) is 0 Å². The molecule has 0 bridgehead atoms. The Morgan fingerprint density at radius 2 is 1.62 bits per heavy atom. The number of rotatable bonds is 2. The van der Waals surface area contributed by atoms with Crippen molar-refractivity contribution < 1.29 is 0 Å². The number of nitrogen functional groups attached to an aromatic ring is 1. The van der Waals surface area contributed by atoms with Gasteiger partial charge in [0, 0.05) is 5.69 Å². The van der Waals surface area contributed by atoms with Crippen molar-refractivity contribution in [3.05, 3.63) is 64.7 Å². The van der Waals surface area contributed by atoms with Crippen LogP contribution in [0.25, 0.3) is 0 Å². The van der Waals surface area contributed by atoms with Crippen molar-refractivity contribution in [1.82, 2.24) is 0 Å². The summed E-state index contributed by atoms with van der Waals surface area (Å²) in [7, 11) is 0. The van der Waals surface area contributed by atoms with E-state index < -0.39 is 0 Å². The summed E-state index contributed by atoms with van der Waals surface area (Å²) >= 11 is 0. The predicted molar refractivity (Wildman–Crippen MR) is 69.6 cm³/mol. The molecule has 82 valence electrons. The van der Waals surface area contributed by atoms with Crippen molar-refractivity contribution >= 4 is 5.69 Å². The molecule has 16 heavy (non-hydrogen) atoms. The second-order valence-electron chi connectivity index (χ2n) is 4.29. The van der Waals surface area contributed by atoms with Crippen LogP contribution in [-0.4, -0.2) is 0 Å². The minimum Gasteiger partial charge on any atom is -0.399 e. The molecule has 2 aromatic rings. The van der Waals surface area contributed by atoms with Crippen LogP contribution < -0.4 is 5.73 Å². The molecule has 0 spiro atoms. The van der Waals surface area contributed by atoms with Crippen molar-refractivity contribution in [2.45, 2.75) is 20.3 Å². The first-order valence-electron chi connectivity index (χ1n) is 5.56. The highest BCUT2D eigenvalue weighted by molar-refractivity contribution is 5.51. The highest BCUT2D eigenvalue weighted by atomic mass is 14.6. The van der Waals surface area contributed by atoms with Gasteiger partial charge in [-0.15, -0.1) is 0 Å². The zero-order chi connectivity index (χ0) is 11.5. The fourth-order valence-electron chi connectivity index (χ4n) is 1.82. The summed E-state index contributed by atoms with van der Waals surface area (Å²) < 4.78 is 0. The monoisotopic (exact) mass is 211 g/mol. The normalized spacial score (nSPS) is 10.4. The summed E-state index contributed by atoms with van der Waals surface area (Å²) in [6.07, 6.45) is 0.956. The number of hydrogen-bond donors (Lipinski definition) is 1. The minimum atomic E-state index is 0.879. The Bertz CT molecular complexity index is 483. The quantitative estimate of drug-likeness (QED) is 0.756. The van der Waals surface area contributed by atoms with E-state index >= 15 is 0 Å². The predicted octanol–water partition coefficient (Wildman–Crippen LogP) is 3.48. The summed E-state index contributed by atoms with van der Waals surface area (Å²) in [5, 5.41) is 0. The average molecular weight is 211 g/mol. The van der Waals surface area contributed by atoms with Crippen LogP contribution in [0.15, 0.2) is 42.5 Å². The molecule has 0 aromatic heterocycles. The van der Waals surface area contributed by atoms with E-state index in [4.69, 9.17) is 5.73 Å². The van der Waals surface area contributed by atoms with Gasteiger partial charge >= 0.3 is 0 Å². The van der Waals surface area contributed by atoms with Crippen LogP contribution in [0.5, 0.6) is 0 Å². The molecule has 0 aliphatic carbocycles. The maximum Gasteiger partial charge on any atom is 0.0346 e. The van der Waals surface area contributed by atoms with Crippen LogP contribution in [-0.2, 0) is 6.42 Å². The molecule has 2 N–H and O–H groups in total. The van der Waals surface area contributed by atoms with Crippen molar-refractivity contribution in [2.75, 3.05) is 5.73 Å². The zero-order valence-corrected chi connectivity index (χ0v) is 9.83. The topological polar surface area (TPSA) is 26.0 Å². The Kier molecular flexibility index (Phi) is 2.95. The first-order valence-corrected chi connectivity index (χ1v) is 5.56. The summed E-state index contributed by atoms with van der Waals surface area (Å²) in [6, 6.07) is 14.8. The van der Waals surface area contributed by atoms with Gasteiger partial charge in [-0.05, 0) is 43.0 Å². The lowest BCUT2D eigenvalue weighted by molar-refractivity contribution is 1.15. The van der Waals surface area contributed by atoms with Gasteiger partial charge in [0.25, 0.3) is 0 Å². The Morgan fingerprint density at radius 3 is 2.31 bits per heavy atom. The third-order valence-corrected chi connectivity index (χ3v) is 3.00. The fraction of sp³-hybridized carbons (Fsp3) is 0.200. The molecule has 0 aliphatic heterocycles. The Balaban J connectivity index is 2.27. The third kappa shape index (κ3) is 2.25. The summed E-state index contributed by atoms with van der Waals surface area (Å²) in [5.41, 5.74) is 11.9. The zero-order valence-electron chi connectivity index (χ0n) is 9.83. The average Bonchev–Trinajstić information content (AvgIpc) is 2.28. The molecular formula is C15H17N. The lowest BCUT2D eigenvalue weighted by Crippen LogP contribution is -1.96. The third-order valence-electron chi connectivity index (χ3n) is 3.00. The van der Waals surface area contributed by atoms with E-state index in [0.29, 0.717) is 0 Å². The van der Waals surface area contributed by atoms with Crippen molar-refractivity contribution in [3.63, 3.8) is 0 Å². The second kappa shape index (κ2) is 4.40. The van der Waals surface area contributed by atoms with Crippen molar-refractivity contribution in [2.24, 2.45) is 0 Å². The lowest BCUT2D eigenvalue weighted by atomic mass is 9.99. The van der Waals surface area contributed by atoms with Gasteiger partial charge in [-0.3, -0.25) is 0 Å².